The van der Waals surface area contributed by atoms with Gasteiger partial charge in [-0.05, 0) is 12.8 Å². The van der Waals surface area contributed by atoms with Crippen LogP contribution in [0.4, 0.5) is 0 Å². The summed E-state index contributed by atoms with van der Waals surface area (Å²) in [7, 11) is 0. The Morgan fingerprint density at radius 1 is 1.33 bits per heavy atom. The van der Waals surface area contributed by atoms with Gasteiger partial charge in [-0.1, -0.05) is 6.42 Å². The molecule has 0 spiro atoms. The van der Waals surface area contributed by atoms with E-state index >= 15 is 0 Å². The first kappa shape index (κ1) is 8.05. The first-order valence-corrected chi connectivity index (χ1v) is 4.77. The normalized spacial score (nSPS) is 24.9. The van der Waals surface area contributed by atoms with Crippen molar-refractivity contribution in [3.8, 4) is 0 Å². The Bertz CT molecular complexity index is 183. The van der Waals surface area contributed by atoms with E-state index in [1.807, 2.05) is 4.90 Å². The molecule has 0 aromatic rings. The molecule has 3 nitrogen and oxygen atoms in total. The Balaban J connectivity index is 1.64. The Morgan fingerprint density at radius 3 is 2.42 bits per heavy atom. The molecular weight excluding hydrogens is 152 g/mol. The molecule has 12 heavy (non-hydrogen) atoms. The zero-order chi connectivity index (χ0) is 8.55. The second kappa shape index (κ2) is 3.05. The van der Waals surface area contributed by atoms with Gasteiger partial charge in [0.05, 0.1) is 0 Å². The van der Waals surface area contributed by atoms with Crippen LogP contribution in [0, 0.1) is 0 Å². The fourth-order valence-corrected chi connectivity index (χ4v) is 1.75. The van der Waals surface area contributed by atoms with E-state index < -0.39 is 0 Å². The lowest BCUT2D eigenvalue weighted by Gasteiger charge is -2.42. The number of rotatable bonds is 2. The van der Waals surface area contributed by atoms with Crippen LogP contribution in [0.1, 0.15) is 26.2 Å². The molecule has 1 saturated carbocycles. The van der Waals surface area contributed by atoms with E-state index in [1.165, 1.54) is 19.3 Å². The highest BCUT2D eigenvalue weighted by Gasteiger charge is 2.31. The van der Waals surface area contributed by atoms with Gasteiger partial charge in [0, 0.05) is 32.1 Å². The monoisotopic (exact) mass is 168 g/mol. The third-order valence-electron chi connectivity index (χ3n) is 2.90. The van der Waals surface area contributed by atoms with Gasteiger partial charge in [0.2, 0.25) is 5.91 Å². The Labute approximate surface area is 73.1 Å². The number of carbonyl (C=O) groups is 1. The van der Waals surface area contributed by atoms with Crippen molar-refractivity contribution in [3.63, 3.8) is 0 Å². The van der Waals surface area contributed by atoms with E-state index in [1.54, 1.807) is 6.92 Å². The van der Waals surface area contributed by atoms with Gasteiger partial charge in [-0.3, -0.25) is 4.79 Å². The lowest BCUT2D eigenvalue weighted by atomic mass is 9.91. The molecule has 0 unspecified atom stereocenters. The molecule has 68 valence electrons. The molecule has 0 radical (unpaired) electrons. The summed E-state index contributed by atoms with van der Waals surface area (Å²) in [5.74, 6) is 0.210. The molecule has 0 atom stereocenters. The number of hydrogen-bond donors (Lipinski definition) is 1. The fraction of sp³-hybridized carbons (Fsp3) is 0.889. The fourth-order valence-electron chi connectivity index (χ4n) is 1.75. The van der Waals surface area contributed by atoms with Crippen molar-refractivity contribution in [2.24, 2.45) is 0 Å². The highest BCUT2D eigenvalue weighted by atomic mass is 16.2. The molecule has 1 heterocycles. The average molecular weight is 168 g/mol. The molecule has 2 aliphatic rings. The zero-order valence-electron chi connectivity index (χ0n) is 7.55. The summed E-state index contributed by atoms with van der Waals surface area (Å²) in [6, 6.07) is 1.34. The van der Waals surface area contributed by atoms with Crippen molar-refractivity contribution in [2.75, 3.05) is 13.1 Å². The van der Waals surface area contributed by atoms with Crippen LogP contribution in [0.3, 0.4) is 0 Å². The van der Waals surface area contributed by atoms with Gasteiger partial charge in [0.15, 0.2) is 0 Å². The van der Waals surface area contributed by atoms with Crippen LogP contribution in [0.15, 0.2) is 0 Å². The van der Waals surface area contributed by atoms with Crippen LogP contribution < -0.4 is 5.32 Å². The van der Waals surface area contributed by atoms with Crippen molar-refractivity contribution >= 4 is 5.91 Å². The highest BCUT2D eigenvalue weighted by molar-refractivity contribution is 5.74. The number of amides is 1. The van der Waals surface area contributed by atoms with Crippen molar-refractivity contribution in [1.82, 2.24) is 10.2 Å². The third kappa shape index (κ3) is 1.46. The van der Waals surface area contributed by atoms with Gasteiger partial charge in [-0.2, -0.15) is 0 Å². The van der Waals surface area contributed by atoms with Crippen LogP contribution in [-0.2, 0) is 4.79 Å². The quantitative estimate of drug-likeness (QED) is 0.645. The predicted octanol–water partition coefficient (Wildman–Crippen LogP) is 0.359. The number of carbonyl (C=O) groups excluding carboxylic acids is 1. The number of nitrogens with zero attached hydrogens (tertiary/aromatic N) is 1. The molecule has 0 aromatic carbocycles. The van der Waals surface area contributed by atoms with Crippen LogP contribution >= 0.6 is 0 Å². The van der Waals surface area contributed by atoms with Crippen LogP contribution in [-0.4, -0.2) is 36.0 Å². The van der Waals surface area contributed by atoms with E-state index in [4.69, 9.17) is 0 Å². The Morgan fingerprint density at radius 2 is 2.00 bits per heavy atom. The van der Waals surface area contributed by atoms with E-state index in [-0.39, 0.29) is 5.91 Å². The second-order valence-electron chi connectivity index (χ2n) is 3.92. The maximum atomic E-state index is 10.8. The minimum atomic E-state index is 0.210. The summed E-state index contributed by atoms with van der Waals surface area (Å²) in [6.45, 7) is 3.48. The predicted molar refractivity (Wildman–Crippen MR) is 46.8 cm³/mol. The summed E-state index contributed by atoms with van der Waals surface area (Å²) < 4.78 is 0. The highest BCUT2D eigenvalue weighted by Crippen LogP contribution is 2.20. The van der Waals surface area contributed by atoms with Crippen molar-refractivity contribution < 1.29 is 4.79 Å². The lowest BCUT2D eigenvalue weighted by molar-refractivity contribution is -0.133. The summed E-state index contributed by atoms with van der Waals surface area (Å²) in [5.41, 5.74) is 0. The standard InChI is InChI=1S/C9H16N2O/c1-7(12)11-5-9(6-11)10-8-3-2-4-8/h8-10H,2-6H2,1H3. The van der Waals surface area contributed by atoms with Gasteiger partial charge in [0.25, 0.3) is 0 Å². The summed E-state index contributed by atoms with van der Waals surface area (Å²) in [5, 5.41) is 3.54. The molecule has 1 saturated heterocycles. The summed E-state index contributed by atoms with van der Waals surface area (Å²) >= 11 is 0. The van der Waals surface area contributed by atoms with E-state index in [2.05, 4.69) is 5.32 Å². The molecule has 0 aromatic heterocycles. The van der Waals surface area contributed by atoms with Gasteiger partial charge in [-0.15, -0.1) is 0 Å². The molecule has 3 heteroatoms. The smallest absolute Gasteiger partial charge is 0.219 e. The minimum absolute atomic E-state index is 0.210. The largest absolute Gasteiger partial charge is 0.340 e. The van der Waals surface area contributed by atoms with E-state index in [9.17, 15) is 4.79 Å². The number of hydrogen-bond acceptors (Lipinski definition) is 2. The molecule has 0 bridgehead atoms. The van der Waals surface area contributed by atoms with Crippen LogP contribution in [0.2, 0.25) is 0 Å². The molecule has 1 aliphatic heterocycles. The third-order valence-corrected chi connectivity index (χ3v) is 2.90. The molecular formula is C9H16N2O. The average Bonchev–Trinajstić information content (AvgIpc) is 1.79. The zero-order valence-corrected chi connectivity index (χ0v) is 7.55. The van der Waals surface area contributed by atoms with Gasteiger partial charge in [-0.25, -0.2) is 0 Å². The van der Waals surface area contributed by atoms with E-state index in [0.29, 0.717) is 6.04 Å². The Hall–Kier alpha value is -0.570. The molecule has 2 fully saturated rings. The SMILES string of the molecule is CC(=O)N1CC(NC2CCC2)C1. The Kier molecular flexibility index (Phi) is 2.05. The summed E-state index contributed by atoms with van der Waals surface area (Å²) in [4.78, 5) is 12.7. The van der Waals surface area contributed by atoms with Gasteiger partial charge >= 0.3 is 0 Å². The van der Waals surface area contributed by atoms with Crippen molar-refractivity contribution in [3.05, 3.63) is 0 Å². The maximum absolute atomic E-state index is 10.8. The van der Waals surface area contributed by atoms with Crippen LogP contribution in [0.5, 0.6) is 0 Å². The number of nitrogens with one attached hydrogen (secondary N) is 1. The molecule has 1 N–H and O–H groups in total. The second-order valence-corrected chi connectivity index (χ2v) is 3.92. The first-order chi connectivity index (χ1) is 5.75. The van der Waals surface area contributed by atoms with E-state index in [0.717, 1.165) is 19.1 Å². The molecule has 1 aliphatic carbocycles. The number of likely N-dealkylation sites (tertiary alicyclic amines) is 1. The van der Waals surface area contributed by atoms with Gasteiger partial charge in [0.1, 0.15) is 0 Å². The lowest BCUT2D eigenvalue weighted by Crippen LogP contribution is -2.62. The van der Waals surface area contributed by atoms with Crippen molar-refractivity contribution in [2.45, 2.75) is 38.3 Å². The topological polar surface area (TPSA) is 32.3 Å². The first-order valence-electron chi connectivity index (χ1n) is 4.77. The van der Waals surface area contributed by atoms with Crippen molar-refractivity contribution in [1.29, 1.82) is 0 Å². The summed E-state index contributed by atoms with van der Waals surface area (Å²) in [6.07, 6.45) is 4.04. The van der Waals surface area contributed by atoms with Crippen LogP contribution in [0.25, 0.3) is 0 Å². The maximum Gasteiger partial charge on any atom is 0.219 e. The minimum Gasteiger partial charge on any atom is -0.340 e. The molecule has 2 rings (SSSR count). The molecule has 1 amide bonds. The van der Waals surface area contributed by atoms with Gasteiger partial charge < -0.3 is 10.2 Å².